The minimum Gasteiger partial charge on any atom is -0.491 e. The Morgan fingerprint density at radius 3 is 2.36 bits per heavy atom. The van der Waals surface area contributed by atoms with Gasteiger partial charge in [0.2, 0.25) is 5.91 Å². The van der Waals surface area contributed by atoms with Crippen molar-refractivity contribution >= 4 is 17.6 Å². The highest BCUT2D eigenvalue weighted by atomic mass is 16.5. The molecule has 3 rings (SSSR count). The van der Waals surface area contributed by atoms with E-state index in [0.717, 1.165) is 30.9 Å². The van der Waals surface area contributed by atoms with E-state index in [9.17, 15) is 9.59 Å². The summed E-state index contributed by atoms with van der Waals surface area (Å²) in [5, 5.41) is 11.9. The molecule has 1 aromatic carbocycles. The van der Waals surface area contributed by atoms with Crippen LogP contribution in [-0.4, -0.2) is 36.3 Å². The maximum atomic E-state index is 12.3. The van der Waals surface area contributed by atoms with E-state index in [-0.39, 0.29) is 23.8 Å². The quantitative estimate of drug-likeness (QED) is 0.826. The zero-order chi connectivity index (χ0) is 17.6. The highest BCUT2D eigenvalue weighted by Gasteiger charge is 2.29. The van der Waals surface area contributed by atoms with E-state index in [2.05, 4.69) is 5.32 Å². The van der Waals surface area contributed by atoms with E-state index in [1.807, 2.05) is 24.3 Å². The first-order chi connectivity index (χ1) is 12.1. The number of carbonyl (C=O) groups excluding carboxylic acids is 1. The number of ether oxygens (including phenoxy) is 2. The van der Waals surface area contributed by atoms with Gasteiger partial charge >= 0.3 is 5.97 Å². The van der Waals surface area contributed by atoms with Crippen LogP contribution in [0.15, 0.2) is 24.3 Å². The molecule has 1 aliphatic heterocycles. The maximum absolute atomic E-state index is 12.3. The van der Waals surface area contributed by atoms with Crippen LogP contribution in [0.4, 0.5) is 5.69 Å². The number of rotatable bonds is 6. The van der Waals surface area contributed by atoms with Gasteiger partial charge in [-0.05, 0) is 62.8 Å². The molecule has 0 spiro atoms. The Bertz CT molecular complexity index is 586. The number of hydrogen-bond acceptors (Lipinski definition) is 4. The molecule has 1 aliphatic carbocycles. The van der Waals surface area contributed by atoms with Crippen LogP contribution in [0.2, 0.25) is 0 Å². The van der Waals surface area contributed by atoms with Gasteiger partial charge in [0.05, 0.1) is 12.0 Å². The fourth-order valence-corrected chi connectivity index (χ4v) is 3.45. The summed E-state index contributed by atoms with van der Waals surface area (Å²) >= 11 is 0. The van der Waals surface area contributed by atoms with Crippen LogP contribution >= 0.6 is 0 Å². The zero-order valence-electron chi connectivity index (χ0n) is 14.3. The average molecular weight is 347 g/mol. The normalized spacial score (nSPS) is 26.2. The number of nitrogens with one attached hydrogen (secondary N) is 1. The SMILES string of the molecule is O=C(O)C1CCC(C(=O)Nc2ccc(OCC3CCCO3)cc2)CC1. The predicted octanol–water partition coefficient (Wildman–Crippen LogP) is 3.07. The summed E-state index contributed by atoms with van der Waals surface area (Å²) in [6.07, 6.45) is 4.72. The number of aliphatic carboxylic acids is 1. The third-order valence-corrected chi connectivity index (χ3v) is 5.03. The van der Waals surface area contributed by atoms with Crippen LogP contribution in [0.5, 0.6) is 5.75 Å². The lowest BCUT2D eigenvalue weighted by Crippen LogP contribution is -2.29. The molecule has 0 radical (unpaired) electrons. The zero-order valence-corrected chi connectivity index (χ0v) is 14.3. The Hall–Kier alpha value is -2.08. The van der Waals surface area contributed by atoms with Gasteiger partial charge in [0.1, 0.15) is 12.4 Å². The number of amides is 1. The highest BCUT2D eigenvalue weighted by Crippen LogP contribution is 2.30. The number of anilines is 1. The van der Waals surface area contributed by atoms with Crippen molar-refractivity contribution in [3.05, 3.63) is 24.3 Å². The Morgan fingerprint density at radius 2 is 1.76 bits per heavy atom. The van der Waals surface area contributed by atoms with Gasteiger partial charge in [0, 0.05) is 18.2 Å². The van der Waals surface area contributed by atoms with E-state index in [0.29, 0.717) is 32.3 Å². The van der Waals surface area contributed by atoms with Crippen molar-refractivity contribution in [2.24, 2.45) is 11.8 Å². The van der Waals surface area contributed by atoms with Gasteiger partial charge < -0.3 is 19.9 Å². The first-order valence-corrected chi connectivity index (χ1v) is 9.00. The fourth-order valence-electron chi connectivity index (χ4n) is 3.45. The summed E-state index contributed by atoms with van der Waals surface area (Å²) in [7, 11) is 0. The number of carbonyl (C=O) groups is 2. The summed E-state index contributed by atoms with van der Waals surface area (Å²) in [4.78, 5) is 23.3. The molecule has 2 aliphatic rings. The standard InChI is InChI=1S/C19H25NO5/c21-18(13-3-5-14(6-4-13)19(22)23)20-15-7-9-16(10-8-15)25-12-17-2-1-11-24-17/h7-10,13-14,17H,1-6,11-12H2,(H,20,21)(H,22,23). The summed E-state index contributed by atoms with van der Waals surface area (Å²) in [5.41, 5.74) is 0.731. The molecule has 1 amide bonds. The first-order valence-electron chi connectivity index (χ1n) is 9.00. The molecule has 2 N–H and O–H groups in total. The third kappa shape index (κ3) is 4.95. The fraction of sp³-hybridized carbons (Fsp3) is 0.579. The number of benzene rings is 1. The van der Waals surface area contributed by atoms with Gasteiger partial charge in [-0.25, -0.2) is 0 Å². The first kappa shape index (κ1) is 17.7. The van der Waals surface area contributed by atoms with Crippen molar-refractivity contribution in [2.75, 3.05) is 18.5 Å². The highest BCUT2D eigenvalue weighted by molar-refractivity contribution is 5.92. The van der Waals surface area contributed by atoms with Gasteiger partial charge in [0.25, 0.3) is 0 Å². The van der Waals surface area contributed by atoms with Crippen molar-refractivity contribution in [1.29, 1.82) is 0 Å². The molecule has 136 valence electrons. The smallest absolute Gasteiger partial charge is 0.306 e. The maximum Gasteiger partial charge on any atom is 0.306 e. The summed E-state index contributed by atoms with van der Waals surface area (Å²) in [5.74, 6) is -0.430. The van der Waals surface area contributed by atoms with Gasteiger partial charge in [-0.3, -0.25) is 9.59 Å². The predicted molar refractivity (Wildman–Crippen MR) is 92.6 cm³/mol. The van der Waals surface area contributed by atoms with Gasteiger partial charge in [0.15, 0.2) is 0 Å². The van der Waals surface area contributed by atoms with E-state index in [1.54, 1.807) is 0 Å². The second kappa shape index (κ2) is 8.34. The van der Waals surface area contributed by atoms with Crippen LogP contribution in [0.1, 0.15) is 38.5 Å². The lowest BCUT2D eigenvalue weighted by Gasteiger charge is -2.25. The molecular weight excluding hydrogens is 322 g/mol. The molecule has 6 heteroatoms. The molecule has 1 saturated heterocycles. The molecule has 1 heterocycles. The van der Waals surface area contributed by atoms with Crippen molar-refractivity contribution in [1.82, 2.24) is 0 Å². The molecule has 0 aromatic heterocycles. The molecule has 2 fully saturated rings. The van der Waals surface area contributed by atoms with E-state index < -0.39 is 5.97 Å². The minimum atomic E-state index is -0.752. The Balaban J connectivity index is 1.44. The second-order valence-electron chi connectivity index (χ2n) is 6.85. The summed E-state index contributed by atoms with van der Waals surface area (Å²) < 4.78 is 11.2. The molecular formula is C19H25NO5. The number of carboxylic acids is 1. The molecule has 0 bridgehead atoms. The Labute approximate surface area is 147 Å². The van der Waals surface area contributed by atoms with Gasteiger partial charge in [-0.1, -0.05) is 0 Å². The van der Waals surface area contributed by atoms with E-state index in [4.69, 9.17) is 14.6 Å². The van der Waals surface area contributed by atoms with Crippen LogP contribution in [0, 0.1) is 11.8 Å². The van der Waals surface area contributed by atoms with Gasteiger partial charge in [-0.2, -0.15) is 0 Å². The Morgan fingerprint density at radius 1 is 1.08 bits per heavy atom. The van der Waals surface area contributed by atoms with Crippen LogP contribution in [0.25, 0.3) is 0 Å². The molecule has 1 saturated carbocycles. The van der Waals surface area contributed by atoms with Crippen LogP contribution < -0.4 is 10.1 Å². The van der Waals surface area contributed by atoms with Gasteiger partial charge in [-0.15, -0.1) is 0 Å². The van der Waals surface area contributed by atoms with E-state index >= 15 is 0 Å². The number of carboxylic acid groups (broad SMARTS) is 1. The van der Waals surface area contributed by atoms with Crippen LogP contribution in [-0.2, 0) is 14.3 Å². The van der Waals surface area contributed by atoms with Crippen molar-refractivity contribution in [2.45, 2.75) is 44.6 Å². The third-order valence-electron chi connectivity index (χ3n) is 5.03. The van der Waals surface area contributed by atoms with Crippen molar-refractivity contribution in [3.63, 3.8) is 0 Å². The average Bonchev–Trinajstić information content (AvgIpc) is 3.15. The number of hydrogen-bond donors (Lipinski definition) is 2. The largest absolute Gasteiger partial charge is 0.491 e. The molecule has 1 atom stereocenters. The summed E-state index contributed by atoms with van der Waals surface area (Å²) in [6.45, 7) is 1.37. The van der Waals surface area contributed by atoms with Crippen LogP contribution in [0.3, 0.4) is 0 Å². The van der Waals surface area contributed by atoms with Crippen molar-refractivity contribution in [3.8, 4) is 5.75 Å². The lowest BCUT2D eigenvalue weighted by molar-refractivity contribution is -0.143. The monoisotopic (exact) mass is 347 g/mol. The second-order valence-corrected chi connectivity index (χ2v) is 6.85. The minimum absolute atomic E-state index is 0.0307. The Kier molecular flexibility index (Phi) is 5.91. The topological polar surface area (TPSA) is 84.9 Å². The van der Waals surface area contributed by atoms with Crippen molar-refractivity contribution < 1.29 is 24.2 Å². The van der Waals surface area contributed by atoms with E-state index in [1.165, 1.54) is 0 Å². The molecule has 6 nitrogen and oxygen atoms in total. The molecule has 1 aromatic rings. The molecule has 1 unspecified atom stereocenters. The lowest BCUT2D eigenvalue weighted by atomic mass is 9.81. The summed E-state index contributed by atoms with van der Waals surface area (Å²) in [6, 6.07) is 7.33. The molecule has 25 heavy (non-hydrogen) atoms.